The first kappa shape index (κ1) is 30.8. The molecule has 1 atom stereocenters. The lowest BCUT2D eigenvalue weighted by Crippen LogP contribution is -2.41. The highest BCUT2D eigenvalue weighted by Crippen LogP contribution is 2.42. The maximum absolute atomic E-state index is 13.8. The topological polar surface area (TPSA) is 122 Å². The molecule has 0 radical (unpaired) electrons. The number of carbonyl (C=O) groups excluding carboxylic acids is 2. The van der Waals surface area contributed by atoms with E-state index in [1.165, 1.54) is 31.1 Å². The second kappa shape index (κ2) is 11.6. The molecule has 5 aromatic rings. The van der Waals surface area contributed by atoms with Gasteiger partial charge in [-0.05, 0) is 49.7 Å². The van der Waals surface area contributed by atoms with Gasteiger partial charge >= 0.3 is 0 Å². The lowest BCUT2D eigenvalue weighted by Gasteiger charge is -2.33. The van der Waals surface area contributed by atoms with Crippen molar-refractivity contribution in [2.24, 2.45) is 0 Å². The van der Waals surface area contributed by atoms with Crippen LogP contribution in [0.5, 0.6) is 5.75 Å². The standard InChI is InChI=1S/C34H31FN4O6S/c1-19-6-8-22(9-7-19)32-30(33(40)36-3)25-16-24(27(17-29(25)45-32)38(4)46(5,42)43)26-14-15-28-31(37-26)34(41)39(18-44-28)20(2)21-10-12-23(35)13-11-21/h6-17,20H,18H2,1-5H3,(H,36,40). The van der Waals surface area contributed by atoms with E-state index >= 15 is 0 Å². The van der Waals surface area contributed by atoms with Crippen molar-refractivity contribution in [3.8, 4) is 28.3 Å². The summed E-state index contributed by atoms with van der Waals surface area (Å²) in [5, 5.41) is 3.11. The Balaban J connectivity index is 1.52. The van der Waals surface area contributed by atoms with Crippen LogP contribution in [0, 0.1) is 12.7 Å². The van der Waals surface area contributed by atoms with Crippen molar-refractivity contribution in [1.82, 2.24) is 15.2 Å². The third-order valence-electron chi connectivity index (χ3n) is 8.19. The average Bonchev–Trinajstić information content (AvgIpc) is 3.42. The fraction of sp³-hybridized carbons (Fsp3) is 0.206. The van der Waals surface area contributed by atoms with Crippen LogP contribution in [0.1, 0.15) is 44.9 Å². The summed E-state index contributed by atoms with van der Waals surface area (Å²) >= 11 is 0. The summed E-state index contributed by atoms with van der Waals surface area (Å²) in [4.78, 5) is 33.2. The molecule has 0 bridgehead atoms. The van der Waals surface area contributed by atoms with E-state index in [1.54, 1.807) is 43.3 Å². The van der Waals surface area contributed by atoms with Gasteiger partial charge in [0.25, 0.3) is 11.8 Å². The number of pyridine rings is 1. The Bertz CT molecular complexity index is 2110. The van der Waals surface area contributed by atoms with E-state index in [2.05, 4.69) is 10.3 Å². The Labute approximate surface area is 265 Å². The molecule has 2 amide bonds. The molecule has 6 rings (SSSR count). The third-order valence-corrected chi connectivity index (χ3v) is 9.38. The Morgan fingerprint density at radius 2 is 1.76 bits per heavy atom. The third kappa shape index (κ3) is 5.45. The quantitative estimate of drug-likeness (QED) is 0.234. The van der Waals surface area contributed by atoms with Gasteiger partial charge in [-0.3, -0.25) is 18.8 Å². The summed E-state index contributed by atoms with van der Waals surface area (Å²) < 4.78 is 52.3. The molecule has 1 aliphatic rings. The minimum Gasteiger partial charge on any atom is -0.471 e. The fourth-order valence-electron chi connectivity index (χ4n) is 5.44. The zero-order chi connectivity index (χ0) is 32.9. The molecule has 0 spiro atoms. The van der Waals surface area contributed by atoms with Crippen LogP contribution in [0.2, 0.25) is 0 Å². The molecule has 0 saturated heterocycles. The number of fused-ring (bicyclic) bond motifs is 2. The van der Waals surface area contributed by atoms with Crippen LogP contribution in [0.25, 0.3) is 33.6 Å². The number of sulfonamides is 1. The first-order valence-electron chi connectivity index (χ1n) is 14.4. The maximum atomic E-state index is 13.8. The minimum absolute atomic E-state index is 0.0323. The van der Waals surface area contributed by atoms with Crippen LogP contribution in [-0.2, 0) is 10.0 Å². The molecule has 1 aliphatic heterocycles. The van der Waals surface area contributed by atoms with E-state index in [0.29, 0.717) is 33.4 Å². The molecular formula is C34H31FN4O6S. The van der Waals surface area contributed by atoms with Crippen molar-refractivity contribution in [3.63, 3.8) is 0 Å². The van der Waals surface area contributed by atoms with Crippen LogP contribution < -0.4 is 14.4 Å². The average molecular weight is 643 g/mol. The summed E-state index contributed by atoms with van der Waals surface area (Å²) in [6.07, 6.45) is 1.07. The lowest BCUT2D eigenvalue weighted by molar-refractivity contribution is 0.0394. The largest absolute Gasteiger partial charge is 0.471 e. The first-order chi connectivity index (χ1) is 21.9. The summed E-state index contributed by atoms with van der Waals surface area (Å²) in [7, 11) is -0.839. The van der Waals surface area contributed by atoms with Gasteiger partial charge in [0.15, 0.2) is 18.2 Å². The molecule has 3 aromatic carbocycles. The van der Waals surface area contributed by atoms with E-state index in [1.807, 2.05) is 31.2 Å². The van der Waals surface area contributed by atoms with E-state index < -0.39 is 27.9 Å². The molecule has 2 aromatic heterocycles. The number of rotatable bonds is 7. The van der Waals surface area contributed by atoms with Crippen molar-refractivity contribution in [1.29, 1.82) is 0 Å². The zero-order valence-electron chi connectivity index (χ0n) is 25.8. The highest BCUT2D eigenvalue weighted by molar-refractivity contribution is 7.92. The van der Waals surface area contributed by atoms with Crippen LogP contribution in [0.15, 0.2) is 77.2 Å². The van der Waals surface area contributed by atoms with Crippen molar-refractivity contribution in [2.75, 3.05) is 31.4 Å². The molecule has 0 aliphatic carbocycles. The van der Waals surface area contributed by atoms with Gasteiger partial charge in [-0.1, -0.05) is 42.0 Å². The van der Waals surface area contributed by atoms with E-state index in [-0.39, 0.29) is 40.9 Å². The van der Waals surface area contributed by atoms with Crippen molar-refractivity contribution >= 4 is 38.5 Å². The van der Waals surface area contributed by atoms with Gasteiger partial charge in [-0.15, -0.1) is 0 Å². The number of aromatic nitrogens is 1. The van der Waals surface area contributed by atoms with Crippen LogP contribution in [0.4, 0.5) is 10.1 Å². The smallest absolute Gasteiger partial charge is 0.279 e. The number of anilines is 1. The van der Waals surface area contributed by atoms with Gasteiger partial charge in [0.2, 0.25) is 10.0 Å². The van der Waals surface area contributed by atoms with Crippen LogP contribution in [0.3, 0.4) is 0 Å². The number of halogens is 1. The van der Waals surface area contributed by atoms with Gasteiger partial charge in [0.05, 0.1) is 29.2 Å². The first-order valence-corrected chi connectivity index (χ1v) is 16.3. The SMILES string of the molecule is CNC(=O)c1c(-c2ccc(C)cc2)oc2cc(N(C)S(C)(=O)=O)c(-c3ccc4c(n3)C(=O)N(C(C)c3ccc(F)cc3)CO4)cc12. The lowest BCUT2D eigenvalue weighted by atomic mass is 10.00. The number of benzene rings is 3. The van der Waals surface area contributed by atoms with E-state index in [9.17, 15) is 22.4 Å². The molecule has 0 fully saturated rings. The number of amides is 2. The monoisotopic (exact) mass is 642 g/mol. The number of nitrogens with one attached hydrogen (secondary N) is 1. The Hall–Kier alpha value is -5.23. The predicted octanol–water partition coefficient (Wildman–Crippen LogP) is 5.92. The molecule has 3 heterocycles. The number of aryl methyl sites for hydroxylation is 1. The summed E-state index contributed by atoms with van der Waals surface area (Å²) in [5.74, 6) is -0.589. The van der Waals surface area contributed by atoms with Gasteiger partial charge in [-0.25, -0.2) is 17.8 Å². The van der Waals surface area contributed by atoms with Gasteiger partial charge in [0, 0.05) is 36.7 Å². The molecule has 0 saturated carbocycles. The van der Waals surface area contributed by atoms with Crippen molar-refractivity contribution in [2.45, 2.75) is 19.9 Å². The summed E-state index contributed by atoms with van der Waals surface area (Å²) in [6.45, 7) is 3.72. The summed E-state index contributed by atoms with van der Waals surface area (Å²) in [5.41, 5.74) is 3.87. The summed E-state index contributed by atoms with van der Waals surface area (Å²) in [6, 6.07) is 19.4. The van der Waals surface area contributed by atoms with Crippen molar-refractivity contribution in [3.05, 3.63) is 101 Å². The number of nitrogens with zero attached hydrogens (tertiary/aromatic N) is 3. The number of ether oxygens (including phenoxy) is 1. The van der Waals surface area contributed by atoms with E-state index in [4.69, 9.17) is 9.15 Å². The maximum Gasteiger partial charge on any atom is 0.279 e. The van der Waals surface area contributed by atoms with Crippen LogP contribution in [-0.4, -0.2) is 57.2 Å². The molecular weight excluding hydrogens is 611 g/mol. The zero-order valence-corrected chi connectivity index (χ0v) is 26.6. The fourth-order valence-corrected chi connectivity index (χ4v) is 5.95. The molecule has 1 N–H and O–H groups in total. The van der Waals surface area contributed by atoms with Crippen LogP contribution >= 0.6 is 0 Å². The number of hydrogen-bond acceptors (Lipinski definition) is 7. The normalized spacial score (nSPS) is 13.7. The molecule has 46 heavy (non-hydrogen) atoms. The van der Waals surface area contributed by atoms with E-state index in [0.717, 1.165) is 16.1 Å². The molecule has 236 valence electrons. The molecule has 1 unspecified atom stereocenters. The van der Waals surface area contributed by atoms with Gasteiger partial charge < -0.3 is 14.5 Å². The second-order valence-corrected chi connectivity index (χ2v) is 13.2. The molecule has 10 nitrogen and oxygen atoms in total. The second-order valence-electron chi connectivity index (χ2n) is 11.2. The van der Waals surface area contributed by atoms with Crippen molar-refractivity contribution < 1.29 is 31.6 Å². The van der Waals surface area contributed by atoms with Gasteiger partial charge in [0.1, 0.15) is 17.2 Å². The van der Waals surface area contributed by atoms with Gasteiger partial charge in [-0.2, -0.15) is 0 Å². The Morgan fingerprint density at radius 3 is 2.41 bits per heavy atom. The highest BCUT2D eigenvalue weighted by Gasteiger charge is 2.33. The number of hydrogen-bond donors (Lipinski definition) is 1. The number of furan rings is 1. The number of carbonyl (C=O) groups is 2. The Morgan fingerprint density at radius 1 is 1.07 bits per heavy atom. The minimum atomic E-state index is -3.76. The predicted molar refractivity (Wildman–Crippen MR) is 173 cm³/mol. The Kier molecular flexibility index (Phi) is 7.77. The highest BCUT2D eigenvalue weighted by atomic mass is 32.2. The molecule has 12 heteroatoms.